The van der Waals surface area contributed by atoms with Crippen LogP contribution in [-0.4, -0.2) is 64.4 Å². The molecule has 0 spiro atoms. The number of hydrogen-bond acceptors (Lipinski definition) is 6. The average molecular weight is 398 g/mol. The van der Waals surface area contributed by atoms with Crippen molar-refractivity contribution in [2.75, 3.05) is 19.3 Å². The molecule has 0 radical (unpaired) electrons. The Kier molecular flexibility index (Phi) is 8.40. The van der Waals surface area contributed by atoms with Gasteiger partial charge in [0.2, 0.25) is 5.91 Å². The van der Waals surface area contributed by atoms with Gasteiger partial charge in [-0.15, -0.1) is 0 Å². The van der Waals surface area contributed by atoms with E-state index < -0.39 is 24.1 Å². The number of nitrogens with one attached hydrogen (secondary N) is 1. The maximum atomic E-state index is 12.4. The Morgan fingerprint density at radius 3 is 2.41 bits per heavy atom. The molecule has 2 rings (SSSR count). The van der Waals surface area contributed by atoms with Crippen molar-refractivity contribution in [2.24, 2.45) is 10.7 Å². The second-order valence-corrected chi connectivity index (χ2v) is 8.04. The first-order valence-corrected chi connectivity index (χ1v) is 10.8. The minimum absolute atomic E-state index is 0.103. The van der Waals surface area contributed by atoms with Gasteiger partial charge >= 0.3 is 6.03 Å². The van der Waals surface area contributed by atoms with E-state index in [1.54, 1.807) is 7.05 Å². The monoisotopic (exact) mass is 397 g/mol. The molecule has 8 nitrogen and oxygen atoms in total. The highest BCUT2D eigenvalue weighted by Gasteiger charge is 2.48. The smallest absolute Gasteiger partial charge is 0.325 e. The molecule has 1 fully saturated rings. The molecule has 9 heteroatoms. The number of amidine groups is 1. The Morgan fingerprint density at radius 1 is 1.15 bits per heavy atom. The zero-order chi connectivity index (χ0) is 19.8. The van der Waals surface area contributed by atoms with Crippen molar-refractivity contribution < 1.29 is 14.4 Å². The van der Waals surface area contributed by atoms with Gasteiger partial charge in [-0.25, -0.2) is 9.79 Å². The molecule has 4 amide bonds. The van der Waals surface area contributed by atoms with E-state index in [1.165, 1.54) is 55.2 Å². The van der Waals surface area contributed by atoms with Crippen LogP contribution in [0.4, 0.5) is 4.79 Å². The van der Waals surface area contributed by atoms with Crippen LogP contribution in [0.25, 0.3) is 0 Å². The number of urea groups is 1. The second-order valence-electron chi connectivity index (χ2n) is 7.10. The van der Waals surface area contributed by atoms with Crippen LogP contribution in [-0.2, 0) is 9.59 Å². The number of rotatable bonds is 11. The van der Waals surface area contributed by atoms with Gasteiger partial charge in [0.25, 0.3) is 5.91 Å². The fourth-order valence-corrected chi connectivity index (χ4v) is 4.23. The van der Waals surface area contributed by atoms with Gasteiger partial charge in [-0.2, -0.15) is 0 Å². The molecule has 0 bridgehead atoms. The lowest BCUT2D eigenvalue weighted by Crippen LogP contribution is -2.63. The Bertz CT molecular complexity index is 583. The molecule has 3 N–H and O–H groups in total. The minimum Gasteiger partial charge on any atom is -0.369 e. The Balaban J connectivity index is 1.90. The van der Waals surface area contributed by atoms with Gasteiger partial charge in [0.15, 0.2) is 17.4 Å². The highest BCUT2D eigenvalue weighted by atomic mass is 32.2. The van der Waals surface area contributed by atoms with Gasteiger partial charge in [-0.1, -0.05) is 63.6 Å². The van der Waals surface area contributed by atoms with Crippen molar-refractivity contribution in [3.8, 4) is 0 Å². The third kappa shape index (κ3) is 5.85. The molecule has 1 saturated heterocycles. The maximum absolute atomic E-state index is 12.4. The number of likely N-dealkylation sites (N-methyl/N-ethyl adjacent to an activating group) is 1. The molecular weight excluding hydrogens is 366 g/mol. The van der Waals surface area contributed by atoms with Gasteiger partial charge in [-0.3, -0.25) is 14.9 Å². The molecule has 2 unspecified atom stereocenters. The largest absolute Gasteiger partial charge is 0.369 e. The van der Waals surface area contributed by atoms with Crippen LogP contribution in [0, 0.1) is 0 Å². The van der Waals surface area contributed by atoms with E-state index >= 15 is 0 Å². The molecule has 0 aromatic heterocycles. The van der Waals surface area contributed by atoms with E-state index in [9.17, 15) is 14.4 Å². The summed E-state index contributed by atoms with van der Waals surface area (Å²) in [4.78, 5) is 43.3. The van der Waals surface area contributed by atoms with Crippen molar-refractivity contribution in [2.45, 2.75) is 70.5 Å². The quantitative estimate of drug-likeness (QED) is 0.518. The molecule has 0 saturated carbocycles. The van der Waals surface area contributed by atoms with E-state index in [2.05, 4.69) is 17.2 Å². The molecule has 2 heterocycles. The zero-order valence-electron chi connectivity index (χ0n) is 16.3. The molecule has 2 aliphatic heterocycles. The number of hydrogen-bond donors (Lipinski definition) is 2. The lowest BCUT2D eigenvalue weighted by molar-refractivity contribution is -0.127. The summed E-state index contributed by atoms with van der Waals surface area (Å²) >= 11 is 1.23. The van der Waals surface area contributed by atoms with Crippen LogP contribution in [0.15, 0.2) is 4.99 Å². The Labute approximate surface area is 165 Å². The number of thioether (sulfide) groups is 1. The zero-order valence-corrected chi connectivity index (χ0v) is 17.1. The van der Waals surface area contributed by atoms with Crippen LogP contribution in [0.1, 0.15) is 58.3 Å². The minimum atomic E-state index is -0.546. The summed E-state index contributed by atoms with van der Waals surface area (Å²) in [6.45, 7) is 2.89. The summed E-state index contributed by atoms with van der Waals surface area (Å²) in [5.74, 6) is -0.662. The third-order valence-electron chi connectivity index (χ3n) is 4.92. The van der Waals surface area contributed by atoms with Gasteiger partial charge < -0.3 is 15.5 Å². The number of aliphatic imine (C=N–C) groups is 1. The molecule has 2 aliphatic rings. The topological polar surface area (TPSA) is 108 Å². The molecule has 27 heavy (non-hydrogen) atoms. The maximum Gasteiger partial charge on any atom is 0.325 e. The predicted octanol–water partition coefficient (Wildman–Crippen LogP) is 1.89. The molecule has 0 aromatic rings. The summed E-state index contributed by atoms with van der Waals surface area (Å²) < 4.78 is 0. The summed E-state index contributed by atoms with van der Waals surface area (Å²) in [5.41, 5.74) is 5.25. The lowest BCUT2D eigenvalue weighted by Gasteiger charge is -2.36. The SMILES string of the molecule is CCCCCCCCCCN1C(SCC(N)=O)=NC2C1C(=O)NC(=O)N2C. The van der Waals surface area contributed by atoms with Crippen LogP contribution >= 0.6 is 11.8 Å². The van der Waals surface area contributed by atoms with E-state index in [-0.39, 0.29) is 11.7 Å². The Hall–Kier alpha value is -1.77. The summed E-state index contributed by atoms with van der Waals surface area (Å²) in [6, 6.07) is -0.981. The normalized spacial score (nSPS) is 21.9. The number of fused-ring (bicyclic) bond motifs is 1. The summed E-state index contributed by atoms with van der Waals surface area (Å²) in [6.07, 6.45) is 9.03. The van der Waals surface area contributed by atoms with Crippen LogP contribution in [0.5, 0.6) is 0 Å². The highest BCUT2D eigenvalue weighted by Crippen LogP contribution is 2.28. The van der Waals surface area contributed by atoms with Crippen LogP contribution < -0.4 is 11.1 Å². The number of unbranched alkanes of at least 4 members (excludes halogenated alkanes) is 7. The predicted molar refractivity (Wildman–Crippen MR) is 107 cm³/mol. The van der Waals surface area contributed by atoms with Crippen molar-refractivity contribution in [1.82, 2.24) is 15.1 Å². The molecule has 0 aliphatic carbocycles. The van der Waals surface area contributed by atoms with E-state index in [0.717, 1.165) is 12.8 Å². The number of imide groups is 1. The van der Waals surface area contributed by atoms with Crippen molar-refractivity contribution >= 4 is 34.8 Å². The van der Waals surface area contributed by atoms with Crippen LogP contribution in [0.3, 0.4) is 0 Å². The second kappa shape index (κ2) is 10.5. The first-order chi connectivity index (χ1) is 13.0. The number of amides is 4. The van der Waals surface area contributed by atoms with Gasteiger partial charge in [0.05, 0.1) is 5.75 Å². The first-order valence-electron chi connectivity index (χ1n) is 9.79. The molecule has 152 valence electrons. The third-order valence-corrected chi connectivity index (χ3v) is 5.95. The average Bonchev–Trinajstić information content (AvgIpc) is 2.99. The number of primary amides is 1. The van der Waals surface area contributed by atoms with Crippen LogP contribution in [0.2, 0.25) is 0 Å². The van der Waals surface area contributed by atoms with E-state index in [1.807, 2.05) is 4.90 Å². The van der Waals surface area contributed by atoms with Crippen molar-refractivity contribution in [1.29, 1.82) is 0 Å². The van der Waals surface area contributed by atoms with E-state index in [4.69, 9.17) is 5.73 Å². The molecule has 0 aromatic carbocycles. The standard InChI is InChI=1S/C18H31N5O3S/c1-3-4-5-6-7-8-9-10-11-23-14-15(20-18(23)27-12-13(19)24)22(2)17(26)21-16(14)25/h14-15H,3-12H2,1-2H3,(H2,19,24)(H,21,25,26). The summed E-state index contributed by atoms with van der Waals surface area (Å²) in [7, 11) is 1.62. The number of carbonyl (C=O) groups excluding carboxylic acids is 3. The fourth-order valence-electron chi connectivity index (χ4n) is 3.41. The highest BCUT2D eigenvalue weighted by molar-refractivity contribution is 8.14. The van der Waals surface area contributed by atoms with Gasteiger partial charge in [0.1, 0.15) is 0 Å². The lowest BCUT2D eigenvalue weighted by atomic mass is 10.1. The van der Waals surface area contributed by atoms with Gasteiger partial charge in [-0.05, 0) is 6.42 Å². The number of nitrogens with zero attached hydrogens (tertiary/aromatic N) is 3. The van der Waals surface area contributed by atoms with Crippen molar-refractivity contribution in [3.05, 3.63) is 0 Å². The first kappa shape index (κ1) is 21.5. The van der Waals surface area contributed by atoms with Gasteiger partial charge in [0, 0.05) is 13.6 Å². The number of nitrogens with two attached hydrogens (primary N) is 1. The van der Waals surface area contributed by atoms with Crippen molar-refractivity contribution in [3.63, 3.8) is 0 Å². The summed E-state index contributed by atoms with van der Waals surface area (Å²) in [5, 5.41) is 2.99. The fraction of sp³-hybridized carbons (Fsp3) is 0.778. The molecule has 2 atom stereocenters. The van der Waals surface area contributed by atoms with E-state index in [0.29, 0.717) is 11.7 Å². The number of carbonyl (C=O) groups is 3. The molecular formula is C18H31N5O3S. The Morgan fingerprint density at radius 2 is 1.78 bits per heavy atom.